The van der Waals surface area contributed by atoms with Gasteiger partial charge in [-0.05, 0) is 38.7 Å². The van der Waals surface area contributed by atoms with Gasteiger partial charge in [-0.25, -0.2) is 0 Å². The molecule has 0 aliphatic carbocycles. The van der Waals surface area contributed by atoms with E-state index in [1.165, 1.54) is 0 Å². The number of nitrogens with one attached hydrogen (secondary N) is 1. The lowest BCUT2D eigenvalue weighted by molar-refractivity contribution is -0.152. The molecule has 7 heteroatoms. The second kappa shape index (κ2) is 6.91. The van der Waals surface area contributed by atoms with Crippen molar-refractivity contribution in [2.75, 3.05) is 26.8 Å². The lowest BCUT2D eigenvalue weighted by Gasteiger charge is -2.39. The fraction of sp³-hybridized carbons (Fsp3) is 0.667. The summed E-state index contributed by atoms with van der Waals surface area (Å²) in [5, 5.41) is 16.4. The van der Waals surface area contributed by atoms with Crippen molar-refractivity contribution in [3.8, 4) is 0 Å². The molecule has 0 bridgehead atoms. The van der Waals surface area contributed by atoms with E-state index >= 15 is 0 Å². The molecular formula is C15H23N3O4. The molecule has 1 unspecified atom stereocenters. The predicted octanol–water partition coefficient (Wildman–Crippen LogP) is 1.45. The van der Waals surface area contributed by atoms with Crippen molar-refractivity contribution in [2.45, 2.75) is 32.6 Å². The van der Waals surface area contributed by atoms with Gasteiger partial charge in [0, 0.05) is 32.5 Å². The first-order valence-corrected chi connectivity index (χ1v) is 7.52. The summed E-state index contributed by atoms with van der Waals surface area (Å²) in [5.41, 5.74) is 0.276. The molecule has 0 saturated carbocycles. The summed E-state index contributed by atoms with van der Waals surface area (Å²) >= 11 is 0. The van der Waals surface area contributed by atoms with Crippen molar-refractivity contribution in [1.82, 2.24) is 15.1 Å². The van der Waals surface area contributed by atoms with E-state index in [2.05, 4.69) is 10.2 Å². The number of carbonyl (C=O) groups is 2. The number of ether oxygens (including phenoxy) is 1. The van der Waals surface area contributed by atoms with Crippen LogP contribution in [0.3, 0.4) is 0 Å². The van der Waals surface area contributed by atoms with E-state index in [4.69, 9.17) is 4.74 Å². The second-order valence-electron chi connectivity index (χ2n) is 5.95. The van der Waals surface area contributed by atoms with Crippen molar-refractivity contribution in [3.63, 3.8) is 0 Å². The van der Waals surface area contributed by atoms with Gasteiger partial charge < -0.3 is 14.7 Å². The van der Waals surface area contributed by atoms with E-state index in [1.54, 1.807) is 18.1 Å². The van der Waals surface area contributed by atoms with Crippen molar-refractivity contribution in [1.29, 1.82) is 0 Å². The molecule has 1 saturated heterocycles. The monoisotopic (exact) mass is 309 g/mol. The Balaban J connectivity index is 2.11. The standard InChI is InChI=1S/C15H23N3O4/c1-11-9-12(17-16-11)13(19)18-7-3-5-15(10-18,14(20)21)6-4-8-22-2/h9H,3-8,10H2,1-2H3,(H,16,17)(H,20,21). The van der Waals surface area contributed by atoms with Crippen LogP contribution in [-0.2, 0) is 9.53 Å². The molecule has 1 amide bonds. The number of carbonyl (C=O) groups excluding carboxylic acids is 1. The van der Waals surface area contributed by atoms with Gasteiger partial charge in [-0.15, -0.1) is 0 Å². The number of amides is 1. The van der Waals surface area contributed by atoms with Crippen LogP contribution in [-0.4, -0.2) is 58.9 Å². The van der Waals surface area contributed by atoms with E-state index in [0.717, 1.165) is 5.69 Å². The molecule has 122 valence electrons. The number of aliphatic carboxylic acids is 1. The third-order valence-electron chi connectivity index (χ3n) is 4.25. The minimum absolute atomic E-state index is 0.207. The second-order valence-corrected chi connectivity index (χ2v) is 5.95. The summed E-state index contributed by atoms with van der Waals surface area (Å²) < 4.78 is 5.02. The van der Waals surface area contributed by atoms with Crippen LogP contribution in [0, 0.1) is 12.3 Å². The number of hydrogen-bond donors (Lipinski definition) is 2. The molecule has 1 aliphatic rings. The van der Waals surface area contributed by atoms with Crippen molar-refractivity contribution in [3.05, 3.63) is 17.5 Å². The Bertz CT molecular complexity index is 543. The van der Waals surface area contributed by atoms with Crippen LogP contribution in [0.25, 0.3) is 0 Å². The maximum atomic E-state index is 12.5. The highest BCUT2D eigenvalue weighted by atomic mass is 16.5. The van der Waals surface area contributed by atoms with Crippen molar-refractivity contribution < 1.29 is 19.4 Å². The molecule has 2 heterocycles. The minimum Gasteiger partial charge on any atom is -0.481 e. The van der Waals surface area contributed by atoms with Crippen LogP contribution < -0.4 is 0 Å². The number of nitrogens with zero attached hydrogens (tertiary/aromatic N) is 2. The average Bonchev–Trinajstić information content (AvgIpc) is 2.93. The Kier molecular flexibility index (Phi) is 5.18. The number of carboxylic acids is 1. The molecule has 1 aliphatic heterocycles. The van der Waals surface area contributed by atoms with Crippen LogP contribution in [0.5, 0.6) is 0 Å². The third kappa shape index (κ3) is 3.47. The third-order valence-corrected chi connectivity index (χ3v) is 4.25. The van der Waals surface area contributed by atoms with Gasteiger partial charge in [0.2, 0.25) is 0 Å². The fourth-order valence-corrected chi connectivity index (χ4v) is 3.04. The number of likely N-dealkylation sites (tertiary alicyclic amines) is 1. The summed E-state index contributed by atoms with van der Waals surface area (Å²) in [6.45, 7) is 3.16. The lowest BCUT2D eigenvalue weighted by atomic mass is 9.76. The number of hydrogen-bond acceptors (Lipinski definition) is 4. The Morgan fingerprint density at radius 3 is 2.91 bits per heavy atom. The maximum Gasteiger partial charge on any atom is 0.311 e. The van der Waals surface area contributed by atoms with Gasteiger partial charge >= 0.3 is 5.97 Å². The maximum absolute atomic E-state index is 12.5. The first-order chi connectivity index (χ1) is 10.5. The number of piperidine rings is 1. The molecule has 0 radical (unpaired) electrons. The molecule has 0 spiro atoms. The Morgan fingerprint density at radius 1 is 1.55 bits per heavy atom. The Labute approximate surface area is 129 Å². The summed E-state index contributed by atoms with van der Waals surface area (Å²) in [5.74, 6) is -1.04. The molecule has 22 heavy (non-hydrogen) atoms. The summed E-state index contributed by atoms with van der Waals surface area (Å²) in [6, 6.07) is 1.68. The fourth-order valence-electron chi connectivity index (χ4n) is 3.04. The molecular weight excluding hydrogens is 286 g/mol. The summed E-state index contributed by atoms with van der Waals surface area (Å²) in [4.78, 5) is 25.9. The van der Waals surface area contributed by atoms with Crippen LogP contribution in [0.2, 0.25) is 0 Å². The summed E-state index contributed by atoms with van der Waals surface area (Å²) in [7, 11) is 1.60. The largest absolute Gasteiger partial charge is 0.481 e. The van der Waals surface area contributed by atoms with Crippen LogP contribution in [0.1, 0.15) is 41.9 Å². The number of carboxylic acid groups (broad SMARTS) is 1. The van der Waals surface area contributed by atoms with Gasteiger partial charge in [-0.2, -0.15) is 5.10 Å². The topological polar surface area (TPSA) is 95.5 Å². The smallest absolute Gasteiger partial charge is 0.311 e. The highest BCUT2D eigenvalue weighted by molar-refractivity contribution is 5.93. The molecule has 1 aromatic rings. The van der Waals surface area contributed by atoms with Crippen LogP contribution in [0.4, 0.5) is 0 Å². The van der Waals surface area contributed by atoms with Crippen molar-refractivity contribution in [2.24, 2.45) is 5.41 Å². The molecule has 1 fully saturated rings. The molecule has 1 aromatic heterocycles. The number of methoxy groups -OCH3 is 1. The van der Waals surface area contributed by atoms with Gasteiger partial charge in [0.15, 0.2) is 0 Å². The van der Waals surface area contributed by atoms with E-state index in [9.17, 15) is 14.7 Å². The summed E-state index contributed by atoms with van der Waals surface area (Å²) in [6.07, 6.45) is 2.47. The molecule has 0 aromatic carbocycles. The minimum atomic E-state index is -0.877. The first kappa shape index (κ1) is 16.5. The highest BCUT2D eigenvalue weighted by Crippen LogP contribution is 2.35. The van der Waals surface area contributed by atoms with Crippen molar-refractivity contribution >= 4 is 11.9 Å². The number of rotatable bonds is 6. The zero-order valence-corrected chi connectivity index (χ0v) is 13.1. The van der Waals surface area contributed by atoms with E-state index in [1.807, 2.05) is 6.92 Å². The molecule has 2 N–H and O–H groups in total. The number of aromatic amines is 1. The Morgan fingerprint density at radius 2 is 2.32 bits per heavy atom. The predicted molar refractivity (Wildman–Crippen MR) is 79.6 cm³/mol. The highest BCUT2D eigenvalue weighted by Gasteiger charge is 2.43. The quantitative estimate of drug-likeness (QED) is 0.775. The molecule has 2 rings (SSSR count). The van der Waals surface area contributed by atoms with E-state index in [-0.39, 0.29) is 12.5 Å². The average molecular weight is 309 g/mol. The Hall–Kier alpha value is -1.89. The molecule has 1 atom stereocenters. The van der Waals surface area contributed by atoms with Gasteiger partial charge in [0.25, 0.3) is 5.91 Å². The van der Waals surface area contributed by atoms with Crippen LogP contribution in [0.15, 0.2) is 6.07 Å². The van der Waals surface area contributed by atoms with Gasteiger partial charge in [-0.3, -0.25) is 14.7 Å². The first-order valence-electron chi connectivity index (χ1n) is 7.52. The zero-order chi connectivity index (χ0) is 16.2. The van der Waals surface area contributed by atoms with Gasteiger partial charge in [0.1, 0.15) is 5.69 Å². The van der Waals surface area contributed by atoms with Gasteiger partial charge in [0.05, 0.1) is 5.41 Å². The van der Waals surface area contributed by atoms with Crippen LogP contribution >= 0.6 is 0 Å². The van der Waals surface area contributed by atoms with E-state index in [0.29, 0.717) is 44.5 Å². The number of aryl methyl sites for hydroxylation is 1. The number of H-pyrrole nitrogens is 1. The lowest BCUT2D eigenvalue weighted by Crippen LogP contribution is -2.50. The SMILES string of the molecule is COCCCC1(C(=O)O)CCCN(C(=O)c2cc(C)[nH]n2)C1. The normalized spacial score (nSPS) is 21.8. The van der Waals surface area contributed by atoms with E-state index < -0.39 is 11.4 Å². The van der Waals surface area contributed by atoms with Gasteiger partial charge in [-0.1, -0.05) is 0 Å². The molecule has 7 nitrogen and oxygen atoms in total. The number of aromatic nitrogens is 2. The zero-order valence-electron chi connectivity index (χ0n) is 13.1.